The first-order valence-corrected chi connectivity index (χ1v) is 8.98. The largest absolute Gasteiger partial charge is 0.378 e. The van der Waals surface area contributed by atoms with Gasteiger partial charge in [-0.1, -0.05) is 13.8 Å². The summed E-state index contributed by atoms with van der Waals surface area (Å²) in [5.74, 6) is 0.138. The van der Waals surface area contributed by atoms with Gasteiger partial charge in [-0.3, -0.25) is 0 Å². The minimum Gasteiger partial charge on any atom is -0.378 e. The lowest BCUT2D eigenvalue weighted by Crippen LogP contribution is -2.28. The Morgan fingerprint density at radius 1 is 1.39 bits per heavy atom. The summed E-state index contributed by atoms with van der Waals surface area (Å²) in [6.45, 7) is 5.73. The molecule has 0 saturated carbocycles. The first-order valence-electron chi connectivity index (χ1n) is 6.50. The number of hydrogen-bond acceptors (Lipinski definition) is 4. The van der Waals surface area contributed by atoms with Crippen molar-refractivity contribution >= 4 is 19.7 Å². The minimum atomic E-state index is -3.46. The van der Waals surface area contributed by atoms with Gasteiger partial charge in [0.2, 0.25) is 9.05 Å². The van der Waals surface area contributed by atoms with E-state index < -0.39 is 9.05 Å². The van der Waals surface area contributed by atoms with E-state index in [1.54, 1.807) is 0 Å². The molecule has 2 atom stereocenters. The van der Waals surface area contributed by atoms with E-state index >= 15 is 0 Å². The second-order valence-electron chi connectivity index (χ2n) is 5.24. The smallest absolute Gasteiger partial charge is 0.232 e. The first kappa shape index (κ1) is 16.2. The Labute approximate surface area is 114 Å². The maximum absolute atomic E-state index is 11.1. The van der Waals surface area contributed by atoms with Crippen LogP contribution in [0.4, 0.5) is 0 Å². The molecule has 1 aliphatic heterocycles. The molecule has 1 rings (SSSR count). The van der Waals surface area contributed by atoms with Crippen molar-refractivity contribution in [2.75, 3.05) is 25.6 Å². The number of hydrogen-bond donors (Lipinski definition) is 0. The summed E-state index contributed by atoms with van der Waals surface area (Å²) in [7, 11) is 1.83. The molecule has 2 unspecified atom stereocenters. The zero-order chi connectivity index (χ0) is 13.6. The van der Waals surface area contributed by atoms with E-state index in [0.717, 1.165) is 19.4 Å². The Balaban J connectivity index is 2.28. The van der Waals surface area contributed by atoms with Crippen LogP contribution in [-0.2, 0) is 18.5 Å². The zero-order valence-electron chi connectivity index (χ0n) is 11.1. The van der Waals surface area contributed by atoms with Crippen LogP contribution < -0.4 is 0 Å². The maximum atomic E-state index is 11.1. The highest BCUT2D eigenvalue weighted by Gasteiger charge is 2.22. The minimum absolute atomic E-state index is 0.0300. The van der Waals surface area contributed by atoms with Gasteiger partial charge in [-0.2, -0.15) is 0 Å². The average Bonchev–Trinajstić information content (AvgIpc) is 2.27. The molecule has 0 aromatic rings. The Morgan fingerprint density at radius 2 is 2.11 bits per heavy atom. The van der Waals surface area contributed by atoms with Crippen molar-refractivity contribution in [1.29, 1.82) is 0 Å². The van der Waals surface area contributed by atoms with Gasteiger partial charge in [0.1, 0.15) is 0 Å². The quantitative estimate of drug-likeness (QED) is 0.677. The second-order valence-corrected chi connectivity index (χ2v) is 8.06. The Kier molecular flexibility index (Phi) is 6.92. The van der Waals surface area contributed by atoms with Gasteiger partial charge in [0.25, 0.3) is 0 Å². The molecule has 0 N–H and O–H groups in total. The van der Waals surface area contributed by atoms with Gasteiger partial charge in [0.05, 0.1) is 25.1 Å². The number of rotatable bonds is 7. The predicted molar refractivity (Wildman–Crippen MR) is 72.4 cm³/mol. The van der Waals surface area contributed by atoms with E-state index in [4.69, 9.17) is 20.2 Å². The van der Waals surface area contributed by atoms with Crippen LogP contribution in [0.1, 0.15) is 33.1 Å². The Hall–Kier alpha value is 0.160. The van der Waals surface area contributed by atoms with Crippen molar-refractivity contribution in [1.82, 2.24) is 0 Å². The van der Waals surface area contributed by atoms with E-state index in [2.05, 4.69) is 0 Å². The molecule has 0 aromatic carbocycles. The summed E-state index contributed by atoms with van der Waals surface area (Å²) < 4.78 is 33.3. The van der Waals surface area contributed by atoms with Crippen LogP contribution in [0.2, 0.25) is 0 Å². The SMILES string of the molecule is CC(C)C(COCC1CCCCO1)CS(=O)(=O)Cl. The van der Waals surface area contributed by atoms with Gasteiger partial charge in [-0.05, 0) is 31.1 Å². The highest BCUT2D eigenvalue weighted by Crippen LogP contribution is 2.18. The van der Waals surface area contributed by atoms with Crippen molar-refractivity contribution in [2.24, 2.45) is 11.8 Å². The van der Waals surface area contributed by atoms with Gasteiger partial charge in [-0.15, -0.1) is 0 Å². The highest BCUT2D eigenvalue weighted by molar-refractivity contribution is 8.13. The summed E-state index contributed by atoms with van der Waals surface area (Å²) in [5, 5.41) is 0. The fraction of sp³-hybridized carbons (Fsp3) is 1.00. The van der Waals surface area contributed by atoms with Crippen molar-refractivity contribution in [2.45, 2.75) is 39.2 Å². The van der Waals surface area contributed by atoms with Crippen LogP contribution in [0, 0.1) is 11.8 Å². The fourth-order valence-electron chi connectivity index (χ4n) is 1.98. The van der Waals surface area contributed by atoms with Crippen molar-refractivity contribution < 1.29 is 17.9 Å². The molecular weight excluding hydrogens is 276 g/mol. The highest BCUT2D eigenvalue weighted by atomic mass is 35.7. The topological polar surface area (TPSA) is 52.6 Å². The van der Waals surface area contributed by atoms with Crippen LogP contribution in [-0.4, -0.2) is 40.1 Å². The molecule has 0 spiro atoms. The van der Waals surface area contributed by atoms with Crippen LogP contribution in [0.3, 0.4) is 0 Å². The average molecular weight is 299 g/mol. The third kappa shape index (κ3) is 6.92. The maximum Gasteiger partial charge on any atom is 0.232 e. The number of ether oxygens (including phenoxy) is 2. The third-order valence-corrected chi connectivity index (χ3v) is 4.47. The van der Waals surface area contributed by atoms with Crippen molar-refractivity contribution in [3.05, 3.63) is 0 Å². The van der Waals surface area contributed by atoms with Gasteiger partial charge >= 0.3 is 0 Å². The normalized spacial score (nSPS) is 23.2. The summed E-state index contributed by atoms with van der Waals surface area (Å²) in [5.41, 5.74) is 0. The summed E-state index contributed by atoms with van der Waals surface area (Å²) >= 11 is 0. The van der Waals surface area contributed by atoms with Crippen molar-refractivity contribution in [3.8, 4) is 0 Å². The molecular formula is C12H23ClO4S. The Morgan fingerprint density at radius 3 is 2.61 bits per heavy atom. The lowest BCUT2D eigenvalue weighted by atomic mass is 9.99. The summed E-state index contributed by atoms with van der Waals surface area (Å²) in [6, 6.07) is 0. The van der Waals surface area contributed by atoms with E-state index in [0.29, 0.717) is 13.2 Å². The molecule has 0 aromatic heterocycles. The van der Waals surface area contributed by atoms with Crippen molar-refractivity contribution in [3.63, 3.8) is 0 Å². The molecule has 18 heavy (non-hydrogen) atoms. The van der Waals surface area contributed by atoms with E-state index in [1.807, 2.05) is 13.8 Å². The molecule has 6 heteroatoms. The van der Waals surface area contributed by atoms with Crippen LogP contribution in [0.15, 0.2) is 0 Å². The fourth-order valence-corrected chi connectivity index (χ4v) is 3.46. The van der Waals surface area contributed by atoms with E-state index in [1.165, 1.54) is 6.42 Å². The lowest BCUT2D eigenvalue weighted by molar-refractivity contribution is -0.0479. The molecule has 0 radical (unpaired) electrons. The summed E-state index contributed by atoms with van der Waals surface area (Å²) in [6.07, 6.45) is 3.49. The standard InChI is InChI=1S/C12H23ClO4S/c1-10(2)11(9-18(13,14)15)7-16-8-12-5-3-4-6-17-12/h10-12H,3-9H2,1-2H3. The molecule has 1 saturated heterocycles. The third-order valence-electron chi connectivity index (χ3n) is 3.27. The van der Waals surface area contributed by atoms with E-state index in [9.17, 15) is 8.42 Å². The van der Waals surface area contributed by atoms with Gasteiger partial charge in [0.15, 0.2) is 0 Å². The predicted octanol–water partition coefficient (Wildman–Crippen LogP) is 2.41. The number of halogens is 1. The molecule has 1 heterocycles. The molecule has 1 aliphatic rings. The first-order chi connectivity index (χ1) is 8.38. The molecule has 0 aliphatic carbocycles. The summed E-state index contributed by atoms with van der Waals surface area (Å²) in [4.78, 5) is 0. The Bertz CT molecular complexity index is 323. The zero-order valence-corrected chi connectivity index (χ0v) is 12.7. The molecule has 1 fully saturated rings. The van der Waals surface area contributed by atoms with E-state index in [-0.39, 0.29) is 23.7 Å². The van der Waals surface area contributed by atoms with Crippen LogP contribution >= 0.6 is 10.7 Å². The molecule has 0 bridgehead atoms. The van der Waals surface area contributed by atoms with Gasteiger partial charge in [-0.25, -0.2) is 8.42 Å². The molecule has 108 valence electrons. The van der Waals surface area contributed by atoms with Crippen LogP contribution in [0.5, 0.6) is 0 Å². The van der Waals surface area contributed by atoms with Gasteiger partial charge in [0, 0.05) is 17.3 Å². The van der Waals surface area contributed by atoms with Crippen LogP contribution in [0.25, 0.3) is 0 Å². The monoisotopic (exact) mass is 298 g/mol. The second kappa shape index (κ2) is 7.68. The van der Waals surface area contributed by atoms with Gasteiger partial charge < -0.3 is 9.47 Å². The molecule has 4 nitrogen and oxygen atoms in total. The lowest BCUT2D eigenvalue weighted by Gasteiger charge is -2.24. The molecule has 0 amide bonds.